The van der Waals surface area contributed by atoms with Crippen LogP contribution in [0, 0.1) is 6.92 Å². The van der Waals surface area contributed by atoms with Gasteiger partial charge in [-0.2, -0.15) is 4.98 Å². The van der Waals surface area contributed by atoms with E-state index in [0.717, 1.165) is 47.5 Å². The van der Waals surface area contributed by atoms with Crippen LogP contribution in [0.5, 0.6) is 0 Å². The highest BCUT2D eigenvalue weighted by Crippen LogP contribution is 2.37. The highest BCUT2D eigenvalue weighted by atomic mass is 32.1. The van der Waals surface area contributed by atoms with Gasteiger partial charge < -0.3 is 19.1 Å². The molecular weight excluding hydrogens is 392 g/mol. The molecule has 0 N–H and O–H groups in total. The Labute approximate surface area is 172 Å². The predicted molar refractivity (Wildman–Crippen MR) is 111 cm³/mol. The maximum atomic E-state index is 12.3. The molecule has 29 heavy (non-hydrogen) atoms. The number of piperidine rings is 1. The van der Waals surface area contributed by atoms with Crippen LogP contribution in [0.25, 0.3) is 10.2 Å². The molecule has 0 spiro atoms. The Balaban J connectivity index is 1.55. The van der Waals surface area contributed by atoms with Gasteiger partial charge in [0.1, 0.15) is 21.9 Å². The Morgan fingerprint density at radius 2 is 2.10 bits per heavy atom. The van der Waals surface area contributed by atoms with Gasteiger partial charge in [0.2, 0.25) is 5.89 Å². The van der Waals surface area contributed by atoms with E-state index >= 15 is 0 Å². The lowest BCUT2D eigenvalue weighted by Gasteiger charge is -2.31. The van der Waals surface area contributed by atoms with E-state index in [1.807, 2.05) is 25.9 Å². The minimum absolute atomic E-state index is 0.239. The van der Waals surface area contributed by atoms with Gasteiger partial charge in [-0.3, -0.25) is 0 Å². The lowest BCUT2D eigenvalue weighted by molar-refractivity contribution is 0.0531. The number of carbonyl (C=O) groups excluding carboxylic acids is 1. The van der Waals surface area contributed by atoms with Crippen molar-refractivity contribution in [2.75, 3.05) is 43.6 Å². The molecule has 0 radical (unpaired) electrons. The normalized spacial score (nSPS) is 15.1. The van der Waals surface area contributed by atoms with Gasteiger partial charge in [0.05, 0.1) is 12.0 Å². The van der Waals surface area contributed by atoms with Crippen molar-refractivity contribution in [3.05, 3.63) is 22.7 Å². The number of thiophene rings is 1. The minimum atomic E-state index is -0.300. The van der Waals surface area contributed by atoms with Crippen molar-refractivity contribution in [1.29, 1.82) is 0 Å². The summed E-state index contributed by atoms with van der Waals surface area (Å²) in [5, 5.41) is 4.95. The summed E-state index contributed by atoms with van der Waals surface area (Å²) >= 11 is 1.36. The third kappa shape index (κ3) is 3.64. The van der Waals surface area contributed by atoms with Crippen molar-refractivity contribution >= 4 is 39.3 Å². The van der Waals surface area contributed by atoms with E-state index in [1.165, 1.54) is 11.3 Å². The van der Waals surface area contributed by atoms with E-state index in [0.29, 0.717) is 23.3 Å². The standard InChI is InChI=1S/C19H24N6O3S/c1-5-27-18(26)14-11(2)13-15(20-10-21-17(13)29-14)25-8-6-12(7-9-25)16-22-19(23-28-16)24(3)4/h10,12H,5-9H2,1-4H3. The quantitative estimate of drug-likeness (QED) is 0.581. The summed E-state index contributed by atoms with van der Waals surface area (Å²) in [6.07, 6.45) is 3.36. The first-order chi connectivity index (χ1) is 14.0. The van der Waals surface area contributed by atoms with Gasteiger partial charge in [-0.15, -0.1) is 11.3 Å². The van der Waals surface area contributed by atoms with Crippen molar-refractivity contribution in [3.8, 4) is 0 Å². The molecule has 3 aromatic rings. The second-order valence-electron chi connectivity index (χ2n) is 7.24. The van der Waals surface area contributed by atoms with E-state index in [4.69, 9.17) is 9.26 Å². The molecule has 0 amide bonds. The number of anilines is 2. The summed E-state index contributed by atoms with van der Waals surface area (Å²) in [6.45, 7) is 5.73. The molecule has 0 atom stereocenters. The molecule has 0 unspecified atom stereocenters. The Hall–Kier alpha value is -2.75. The first-order valence-corrected chi connectivity index (χ1v) is 10.5. The Bertz CT molecular complexity index is 1020. The Morgan fingerprint density at radius 3 is 2.76 bits per heavy atom. The van der Waals surface area contributed by atoms with Gasteiger partial charge in [-0.1, -0.05) is 0 Å². The average Bonchev–Trinajstić information content (AvgIpc) is 3.34. The van der Waals surface area contributed by atoms with Crippen molar-refractivity contribution in [1.82, 2.24) is 20.1 Å². The maximum Gasteiger partial charge on any atom is 0.348 e. The molecule has 0 saturated carbocycles. The third-order valence-corrected chi connectivity index (χ3v) is 6.32. The fourth-order valence-corrected chi connectivity index (χ4v) is 4.63. The topological polar surface area (TPSA) is 97.5 Å². The highest BCUT2D eigenvalue weighted by Gasteiger charge is 2.28. The zero-order chi connectivity index (χ0) is 20.5. The second-order valence-corrected chi connectivity index (χ2v) is 8.24. The molecule has 4 heterocycles. The second kappa shape index (κ2) is 7.94. The fraction of sp³-hybridized carbons (Fsp3) is 0.526. The van der Waals surface area contributed by atoms with Crippen molar-refractivity contribution in [2.45, 2.75) is 32.6 Å². The molecule has 10 heteroatoms. The van der Waals surface area contributed by atoms with E-state index in [2.05, 4.69) is 25.0 Å². The molecule has 1 fully saturated rings. The van der Waals surface area contributed by atoms with Crippen LogP contribution in [0.15, 0.2) is 10.9 Å². The minimum Gasteiger partial charge on any atom is -0.462 e. The molecule has 9 nitrogen and oxygen atoms in total. The summed E-state index contributed by atoms with van der Waals surface area (Å²) in [6, 6.07) is 0. The van der Waals surface area contributed by atoms with Crippen LogP contribution in [-0.4, -0.2) is 59.9 Å². The Morgan fingerprint density at radius 1 is 1.34 bits per heavy atom. The van der Waals surface area contributed by atoms with Gasteiger partial charge in [0.25, 0.3) is 5.95 Å². The zero-order valence-electron chi connectivity index (χ0n) is 17.0. The molecule has 0 bridgehead atoms. The fourth-order valence-electron chi connectivity index (χ4n) is 3.60. The molecule has 0 aromatic carbocycles. The van der Waals surface area contributed by atoms with Crippen LogP contribution in [0.2, 0.25) is 0 Å². The first-order valence-electron chi connectivity index (χ1n) is 9.66. The number of hydrogen-bond acceptors (Lipinski definition) is 10. The maximum absolute atomic E-state index is 12.3. The average molecular weight is 417 g/mol. The van der Waals surface area contributed by atoms with Crippen molar-refractivity contribution < 1.29 is 14.1 Å². The summed E-state index contributed by atoms with van der Waals surface area (Å²) < 4.78 is 10.6. The van der Waals surface area contributed by atoms with Gasteiger partial charge in [-0.25, -0.2) is 14.8 Å². The largest absolute Gasteiger partial charge is 0.462 e. The molecule has 1 saturated heterocycles. The van der Waals surface area contributed by atoms with Crippen LogP contribution in [0.3, 0.4) is 0 Å². The number of aromatic nitrogens is 4. The molecule has 0 aliphatic carbocycles. The summed E-state index contributed by atoms with van der Waals surface area (Å²) in [7, 11) is 3.79. The van der Waals surface area contributed by atoms with Crippen LogP contribution in [0.4, 0.5) is 11.8 Å². The van der Waals surface area contributed by atoms with Crippen LogP contribution >= 0.6 is 11.3 Å². The van der Waals surface area contributed by atoms with E-state index in [1.54, 1.807) is 13.3 Å². The number of fused-ring (bicyclic) bond motifs is 1. The van der Waals surface area contributed by atoms with Crippen LogP contribution < -0.4 is 9.80 Å². The SMILES string of the molecule is CCOC(=O)c1sc2ncnc(N3CCC(c4nc(N(C)C)no4)CC3)c2c1C. The third-order valence-electron chi connectivity index (χ3n) is 5.14. The predicted octanol–water partition coefficient (Wildman–Crippen LogP) is 3.01. The molecule has 3 aromatic heterocycles. The van der Waals surface area contributed by atoms with Crippen molar-refractivity contribution in [3.63, 3.8) is 0 Å². The summed E-state index contributed by atoms with van der Waals surface area (Å²) in [5.74, 6) is 2.10. The zero-order valence-corrected chi connectivity index (χ0v) is 17.8. The lowest BCUT2D eigenvalue weighted by Crippen LogP contribution is -2.33. The van der Waals surface area contributed by atoms with Gasteiger partial charge >= 0.3 is 5.97 Å². The molecule has 1 aliphatic heterocycles. The number of carbonyl (C=O) groups is 1. The highest BCUT2D eigenvalue weighted by molar-refractivity contribution is 7.20. The molecular formula is C19H24N6O3S. The lowest BCUT2D eigenvalue weighted by atomic mass is 9.96. The van der Waals surface area contributed by atoms with E-state index < -0.39 is 0 Å². The van der Waals surface area contributed by atoms with Gasteiger partial charge in [0.15, 0.2) is 0 Å². The Kier molecular flexibility index (Phi) is 5.35. The number of rotatable bonds is 5. The number of ether oxygens (including phenoxy) is 1. The number of nitrogens with zero attached hydrogens (tertiary/aromatic N) is 6. The molecule has 1 aliphatic rings. The number of hydrogen-bond donors (Lipinski definition) is 0. The number of esters is 1. The monoisotopic (exact) mass is 416 g/mol. The number of aryl methyl sites for hydroxylation is 1. The van der Waals surface area contributed by atoms with Gasteiger partial charge in [-0.05, 0) is 37.4 Å². The molecule has 154 valence electrons. The van der Waals surface area contributed by atoms with Crippen LogP contribution in [-0.2, 0) is 4.74 Å². The van der Waals surface area contributed by atoms with Gasteiger partial charge in [0, 0.05) is 33.1 Å². The smallest absolute Gasteiger partial charge is 0.348 e. The molecule has 4 rings (SSSR count). The first kappa shape index (κ1) is 19.6. The van der Waals surface area contributed by atoms with Crippen LogP contribution in [0.1, 0.15) is 46.8 Å². The van der Waals surface area contributed by atoms with E-state index in [-0.39, 0.29) is 11.9 Å². The summed E-state index contributed by atoms with van der Waals surface area (Å²) in [4.78, 5) is 31.2. The van der Waals surface area contributed by atoms with E-state index in [9.17, 15) is 4.79 Å². The van der Waals surface area contributed by atoms with Crippen molar-refractivity contribution in [2.24, 2.45) is 0 Å². The summed E-state index contributed by atoms with van der Waals surface area (Å²) in [5.41, 5.74) is 0.883.